The molecule has 0 spiro atoms. The molecule has 0 aliphatic carbocycles. The molecule has 0 saturated heterocycles. The maximum atomic E-state index is 12.9. The van der Waals surface area contributed by atoms with Gasteiger partial charge in [0.05, 0.1) is 18.8 Å². The van der Waals surface area contributed by atoms with Crippen LogP contribution in [0.15, 0.2) is 60.7 Å². The van der Waals surface area contributed by atoms with E-state index in [0.29, 0.717) is 6.42 Å². The third-order valence-corrected chi connectivity index (χ3v) is 13.7. The van der Waals surface area contributed by atoms with E-state index in [-0.39, 0.29) is 11.6 Å². The molecule has 0 aromatic heterocycles. The number of benzene rings is 2. The second kappa shape index (κ2) is 20.2. The van der Waals surface area contributed by atoms with Crippen LogP contribution < -0.4 is 15.7 Å². The normalized spacial score (nSPS) is 13.8. The van der Waals surface area contributed by atoms with Crippen LogP contribution in [0.2, 0.25) is 5.04 Å². The van der Waals surface area contributed by atoms with Gasteiger partial charge in [-0.2, -0.15) is 0 Å². The number of ether oxygens (including phenoxy) is 1. The number of aliphatic hydroxyl groups excluding tert-OH is 1. The van der Waals surface area contributed by atoms with E-state index in [4.69, 9.17) is 9.16 Å². The fourth-order valence-corrected chi connectivity index (χ4v) is 10.8. The molecule has 0 fully saturated rings. The van der Waals surface area contributed by atoms with Crippen molar-refractivity contribution in [3.63, 3.8) is 0 Å². The van der Waals surface area contributed by atoms with Crippen LogP contribution in [-0.2, 0) is 9.16 Å². The molecular formula is C39H65NO4Si. The Balaban J connectivity index is 2.04. The maximum absolute atomic E-state index is 12.9. The van der Waals surface area contributed by atoms with Crippen LogP contribution in [0.3, 0.4) is 0 Å². The largest absolute Gasteiger partial charge is 0.444 e. The highest BCUT2D eigenvalue weighted by atomic mass is 28.4. The molecule has 6 heteroatoms. The summed E-state index contributed by atoms with van der Waals surface area (Å²) in [4.78, 5) is 12.9. The summed E-state index contributed by atoms with van der Waals surface area (Å²) in [5, 5.41) is 16.6. The number of hydrogen-bond acceptors (Lipinski definition) is 4. The zero-order valence-electron chi connectivity index (χ0n) is 29.7. The zero-order chi connectivity index (χ0) is 33.2. The number of nitrogens with one attached hydrogen (secondary N) is 1. The number of aliphatic hydroxyl groups is 1. The quantitative estimate of drug-likeness (QED) is 0.106. The van der Waals surface area contributed by atoms with Crippen molar-refractivity contribution in [1.29, 1.82) is 0 Å². The Bertz CT molecular complexity index is 1010. The number of carbonyl (C=O) groups is 1. The second-order valence-electron chi connectivity index (χ2n) is 14.8. The molecule has 0 bridgehead atoms. The highest BCUT2D eigenvalue weighted by molar-refractivity contribution is 6.99. The van der Waals surface area contributed by atoms with E-state index in [2.05, 4.69) is 81.5 Å². The minimum atomic E-state index is -2.83. The Labute approximate surface area is 277 Å². The van der Waals surface area contributed by atoms with Crippen LogP contribution in [0.25, 0.3) is 0 Å². The highest BCUT2D eigenvalue weighted by Gasteiger charge is 2.50. The van der Waals surface area contributed by atoms with Gasteiger partial charge in [0.25, 0.3) is 8.32 Å². The molecular weight excluding hydrogens is 575 g/mol. The molecule has 0 unspecified atom stereocenters. The van der Waals surface area contributed by atoms with E-state index in [1.165, 1.54) is 81.0 Å². The summed E-state index contributed by atoms with van der Waals surface area (Å²) in [6.07, 6.45) is 16.0. The summed E-state index contributed by atoms with van der Waals surface area (Å²) >= 11 is 0. The Morgan fingerprint density at radius 1 is 0.711 bits per heavy atom. The number of alkyl carbamates (subject to hydrolysis) is 1. The first-order chi connectivity index (χ1) is 21.4. The van der Waals surface area contributed by atoms with Crippen LogP contribution in [0.5, 0.6) is 0 Å². The van der Waals surface area contributed by atoms with Gasteiger partial charge in [-0.15, -0.1) is 0 Å². The fourth-order valence-electron chi connectivity index (χ4n) is 6.26. The lowest BCUT2D eigenvalue weighted by molar-refractivity contribution is 0.0345. The Morgan fingerprint density at radius 2 is 1.13 bits per heavy atom. The van der Waals surface area contributed by atoms with Gasteiger partial charge in [0.15, 0.2) is 0 Å². The topological polar surface area (TPSA) is 67.8 Å². The van der Waals surface area contributed by atoms with E-state index in [1.54, 1.807) is 0 Å². The van der Waals surface area contributed by atoms with Crippen LogP contribution in [0.4, 0.5) is 4.79 Å². The van der Waals surface area contributed by atoms with Crippen molar-refractivity contribution in [2.75, 3.05) is 6.61 Å². The van der Waals surface area contributed by atoms with Gasteiger partial charge in [0.2, 0.25) is 0 Å². The summed E-state index contributed by atoms with van der Waals surface area (Å²) < 4.78 is 12.7. The molecule has 0 aliphatic heterocycles. The monoisotopic (exact) mass is 639 g/mol. The Hall–Kier alpha value is -2.15. The average molecular weight is 640 g/mol. The van der Waals surface area contributed by atoms with Crippen molar-refractivity contribution in [3.05, 3.63) is 60.7 Å². The van der Waals surface area contributed by atoms with E-state index in [0.717, 1.165) is 12.8 Å². The van der Waals surface area contributed by atoms with Crippen molar-refractivity contribution in [2.24, 2.45) is 0 Å². The second-order valence-corrected chi connectivity index (χ2v) is 19.1. The first-order valence-corrected chi connectivity index (χ1v) is 19.7. The van der Waals surface area contributed by atoms with E-state index in [1.807, 2.05) is 32.9 Å². The molecule has 0 heterocycles. The number of hydrogen-bond donors (Lipinski definition) is 2. The first kappa shape index (κ1) is 39.0. The molecule has 2 rings (SSSR count). The van der Waals surface area contributed by atoms with Gasteiger partial charge in [-0.3, -0.25) is 0 Å². The van der Waals surface area contributed by atoms with Gasteiger partial charge < -0.3 is 19.6 Å². The van der Waals surface area contributed by atoms with E-state index in [9.17, 15) is 9.90 Å². The summed E-state index contributed by atoms with van der Waals surface area (Å²) in [6.45, 7) is 14.7. The molecule has 45 heavy (non-hydrogen) atoms. The molecule has 2 aromatic carbocycles. The van der Waals surface area contributed by atoms with Crippen LogP contribution >= 0.6 is 0 Å². The van der Waals surface area contributed by atoms with Crippen LogP contribution in [-0.4, -0.2) is 43.9 Å². The lowest BCUT2D eigenvalue weighted by atomic mass is 10.0. The average Bonchev–Trinajstić information content (AvgIpc) is 2.98. The lowest BCUT2D eigenvalue weighted by Crippen LogP contribution is -2.67. The van der Waals surface area contributed by atoms with Gasteiger partial charge in [0, 0.05) is 0 Å². The van der Waals surface area contributed by atoms with Crippen molar-refractivity contribution in [2.45, 2.75) is 161 Å². The lowest BCUT2D eigenvalue weighted by Gasteiger charge is -2.44. The molecule has 2 N–H and O–H groups in total. The fraction of sp³-hybridized carbons (Fsp3) is 0.667. The van der Waals surface area contributed by atoms with Crippen molar-refractivity contribution < 1.29 is 19.1 Å². The molecule has 5 nitrogen and oxygen atoms in total. The molecule has 1 amide bonds. The van der Waals surface area contributed by atoms with Crippen molar-refractivity contribution >= 4 is 24.8 Å². The molecule has 0 aliphatic rings. The molecule has 254 valence electrons. The molecule has 0 radical (unpaired) electrons. The predicted molar refractivity (Wildman–Crippen MR) is 193 cm³/mol. The van der Waals surface area contributed by atoms with Crippen LogP contribution in [0.1, 0.15) is 138 Å². The molecule has 2 atom stereocenters. The number of rotatable bonds is 21. The third-order valence-electron chi connectivity index (χ3n) is 8.67. The zero-order valence-corrected chi connectivity index (χ0v) is 30.7. The number of amides is 1. The van der Waals surface area contributed by atoms with Gasteiger partial charge in [-0.05, 0) is 42.6 Å². The van der Waals surface area contributed by atoms with E-state index < -0.39 is 32.2 Å². The Kier molecular flexibility index (Phi) is 17.5. The smallest absolute Gasteiger partial charge is 0.408 e. The minimum absolute atomic E-state index is 0.201. The number of carbonyl (C=O) groups excluding carboxylic acids is 1. The summed E-state index contributed by atoms with van der Waals surface area (Å²) in [6, 6.07) is 20.4. The Morgan fingerprint density at radius 3 is 1.53 bits per heavy atom. The summed E-state index contributed by atoms with van der Waals surface area (Å²) in [5.74, 6) is 0. The SMILES string of the molecule is CCCCCCCCCCCCCCC[C@@H](O)[C@H](CO[Si](c1ccccc1)(c1ccccc1)C(C)(C)C)NC(=O)OC(C)(C)C. The van der Waals surface area contributed by atoms with Gasteiger partial charge in [-0.1, -0.05) is 172 Å². The first-order valence-electron chi connectivity index (χ1n) is 17.8. The maximum Gasteiger partial charge on any atom is 0.408 e. The molecule has 2 aromatic rings. The minimum Gasteiger partial charge on any atom is -0.444 e. The van der Waals surface area contributed by atoms with Gasteiger partial charge >= 0.3 is 6.09 Å². The van der Waals surface area contributed by atoms with Crippen molar-refractivity contribution in [1.82, 2.24) is 5.32 Å². The molecule has 0 saturated carbocycles. The standard InChI is InChI=1S/C39H65NO4Si/c1-8-9-10-11-12-13-14-15-16-17-18-19-26-31-36(41)35(40-37(42)44-38(2,3)4)32-43-45(39(5,6)7,33-27-22-20-23-28-33)34-29-24-21-25-30-34/h20-25,27-30,35-36,41H,8-19,26,31-32H2,1-7H3,(H,40,42)/t35-,36+/m0/s1. The predicted octanol–water partition coefficient (Wildman–Crippen LogP) is 9.30. The van der Waals surface area contributed by atoms with Crippen LogP contribution in [0, 0.1) is 0 Å². The summed E-state index contributed by atoms with van der Waals surface area (Å²) in [5.41, 5.74) is -0.631. The van der Waals surface area contributed by atoms with Gasteiger partial charge in [-0.25, -0.2) is 4.79 Å². The highest BCUT2D eigenvalue weighted by Crippen LogP contribution is 2.37. The number of unbranched alkanes of at least 4 members (excludes halogenated alkanes) is 12. The van der Waals surface area contributed by atoms with E-state index >= 15 is 0 Å². The van der Waals surface area contributed by atoms with Crippen molar-refractivity contribution in [3.8, 4) is 0 Å². The summed E-state index contributed by atoms with van der Waals surface area (Å²) in [7, 11) is -2.83. The van der Waals surface area contributed by atoms with Gasteiger partial charge in [0.1, 0.15) is 5.60 Å². The third kappa shape index (κ3) is 14.0.